The summed E-state index contributed by atoms with van der Waals surface area (Å²) < 4.78 is 14.6. The molecule has 3 aromatic rings. The lowest BCUT2D eigenvalue weighted by atomic mass is 10.2. The van der Waals surface area contributed by atoms with Crippen LogP contribution in [0.3, 0.4) is 0 Å². The van der Waals surface area contributed by atoms with Crippen molar-refractivity contribution in [1.29, 1.82) is 0 Å². The molecule has 0 fully saturated rings. The van der Waals surface area contributed by atoms with Crippen molar-refractivity contribution in [2.24, 2.45) is 0 Å². The summed E-state index contributed by atoms with van der Waals surface area (Å²) in [6, 6.07) is 12.8. The molecule has 100 valence electrons. The van der Waals surface area contributed by atoms with Crippen molar-refractivity contribution < 1.29 is 4.39 Å². The Hall–Kier alpha value is -2.69. The van der Waals surface area contributed by atoms with Gasteiger partial charge in [-0.2, -0.15) is 5.10 Å². The molecule has 0 aliphatic carbocycles. The first kappa shape index (κ1) is 12.3. The zero-order chi connectivity index (χ0) is 13.8. The van der Waals surface area contributed by atoms with E-state index >= 15 is 0 Å². The maximum atomic E-state index is 12.8. The molecule has 2 heterocycles. The van der Waals surface area contributed by atoms with Crippen LogP contribution in [0.25, 0.3) is 5.69 Å². The number of anilines is 1. The molecule has 0 radical (unpaired) electrons. The molecule has 0 saturated carbocycles. The van der Waals surface area contributed by atoms with Gasteiger partial charge in [0.25, 0.3) is 0 Å². The van der Waals surface area contributed by atoms with Crippen molar-refractivity contribution in [3.05, 3.63) is 72.4 Å². The number of halogens is 1. The average molecular weight is 268 g/mol. The van der Waals surface area contributed by atoms with Crippen LogP contribution in [0, 0.1) is 5.82 Å². The van der Waals surface area contributed by atoms with E-state index in [0.29, 0.717) is 12.4 Å². The predicted molar refractivity (Wildman–Crippen MR) is 75.1 cm³/mol. The van der Waals surface area contributed by atoms with Gasteiger partial charge in [0.05, 0.1) is 11.9 Å². The van der Waals surface area contributed by atoms with Crippen LogP contribution in [0.1, 0.15) is 5.56 Å². The highest BCUT2D eigenvalue weighted by molar-refractivity contribution is 5.43. The van der Waals surface area contributed by atoms with Gasteiger partial charge >= 0.3 is 0 Å². The van der Waals surface area contributed by atoms with Crippen LogP contribution in [-0.2, 0) is 6.54 Å². The van der Waals surface area contributed by atoms with Crippen LogP contribution in [-0.4, -0.2) is 14.8 Å². The van der Waals surface area contributed by atoms with Gasteiger partial charge in [-0.05, 0) is 29.8 Å². The molecule has 3 rings (SSSR count). The van der Waals surface area contributed by atoms with Gasteiger partial charge in [0.1, 0.15) is 11.6 Å². The van der Waals surface area contributed by atoms with Crippen LogP contribution in [0.5, 0.6) is 0 Å². The summed E-state index contributed by atoms with van der Waals surface area (Å²) in [5, 5.41) is 7.41. The molecule has 0 aliphatic rings. The molecule has 4 nitrogen and oxygen atoms in total. The lowest BCUT2D eigenvalue weighted by molar-refractivity contribution is 0.621. The van der Waals surface area contributed by atoms with Gasteiger partial charge in [-0.3, -0.25) is 0 Å². The first-order valence-corrected chi connectivity index (χ1v) is 6.26. The van der Waals surface area contributed by atoms with E-state index in [9.17, 15) is 4.39 Å². The van der Waals surface area contributed by atoms with E-state index < -0.39 is 0 Å². The van der Waals surface area contributed by atoms with Crippen molar-refractivity contribution in [1.82, 2.24) is 14.8 Å². The lowest BCUT2D eigenvalue weighted by Gasteiger charge is -2.11. The maximum Gasteiger partial charge on any atom is 0.141 e. The van der Waals surface area contributed by atoms with Gasteiger partial charge in [0, 0.05) is 18.9 Å². The number of nitrogens with one attached hydrogen (secondary N) is 1. The van der Waals surface area contributed by atoms with E-state index in [-0.39, 0.29) is 5.82 Å². The summed E-state index contributed by atoms with van der Waals surface area (Å²) in [5.74, 6) is 0.300. The fourth-order valence-electron chi connectivity index (χ4n) is 1.96. The van der Waals surface area contributed by atoms with E-state index in [2.05, 4.69) is 15.4 Å². The summed E-state index contributed by atoms with van der Waals surface area (Å²) in [4.78, 5) is 3.98. The van der Waals surface area contributed by atoms with Crippen molar-refractivity contribution in [3.8, 4) is 5.69 Å². The number of benzene rings is 1. The number of rotatable bonds is 4. The average Bonchev–Trinajstić information content (AvgIpc) is 3.01. The normalized spacial score (nSPS) is 10.4. The Bertz CT molecular complexity index is 677. The number of para-hydroxylation sites is 1. The first-order chi connectivity index (χ1) is 9.83. The van der Waals surface area contributed by atoms with Crippen molar-refractivity contribution in [3.63, 3.8) is 0 Å². The molecule has 0 bridgehead atoms. The van der Waals surface area contributed by atoms with Crippen molar-refractivity contribution in [2.75, 3.05) is 5.32 Å². The Morgan fingerprint density at radius 1 is 1.10 bits per heavy atom. The zero-order valence-corrected chi connectivity index (χ0v) is 10.7. The van der Waals surface area contributed by atoms with E-state index in [0.717, 1.165) is 11.3 Å². The molecular weight excluding hydrogens is 255 g/mol. The van der Waals surface area contributed by atoms with Gasteiger partial charge < -0.3 is 5.32 Å². The number of hydrogen-bond donors (Lipinski definition) is 1. The van der Waals surface area contributed by atoms with E-state index in [1.54, 1.807) is 12.3 Å². The molecule has 20 heavy (non-hydrogen) atoms. The Morgan fingerprint density at radius 2 is 2.00 bits per heavy atom. The van der Waals surface area contributed by atoms with Crippen LogP contribution in [0.2, 0.25) is 0 Å². The molecule has 0 spiro atoms. The Morgan fingerprint density at radius 3 is 2.75 bits per heavy atom. The highest BCUT2D eigenvalue weighted by atomic mass is 19.1. The summed E-state index contributed by atoms with van der Waals surface area (Å²) in [7, 11) is 0. The van der Waals surface area contributed by atoms with Crippen LogP contribution in [0.4, 0.5) is 10.2 Å². The van der Waals surface area contributed by atoms with E-state index in [1.807, 2.05) is 41.2 Å². The molecule has 0 unspecified atom stereocenters. The number of nitrogens with zero attached hydrogens (tertiary/aromatic N) is 3. The highest BCUT2D eigenvalue weighted by Gasteiger charge is 2.04. The molecule has 1 aromatic carbocycles. The fraction of sp³-hybridized carbons (Fsp3) is 0.0667. The van der Waals surface area contributed by atoms with Gasteiger partial charge in [-0.15, -0.1) is 0 Å². The highest BCUT2D eigenvalue weighted by Crippen LogP contribution is 2.15. The number of aromatic nitrogens is 3. The smallest absolute Gasteiger partial charge is 0.141 e. The molecule has 0 saturated heterocycles. The molecule has 0 atom stereocenters. The topological polar surface area (TPSA) is 42.7 Å². The second kappa shape index (κ2) is 5.52. The third-order valence-corrected chi connectivity index (χ3v) is 2.93. The first-order valence-electron chi connectivity index (χ1n) is 6.26. The summed E-state index contributed by atoms with van der Waals surface area (Å²) in [6.45, 7) is 0.592. The minimum atomic E-state index is -0.340. The molecule has 0 amide bonds. The fourth-order valence-corrected chi connectivity index (χ4v) is 1.96. The third kappa shape index (κ3) is 2.66. The third-order valence-electron chi connectivity index (χ3n) is 2.93. The number of hydrogen-bond acceptors (Lipinski definition) is 3. The SMILES string of the molecule is Fc1ccc(NCc2ccccc2-n2cccn2)nc1. The molecular formula is C15H13FN4. The Kier molecular flexibility index (Phi) is 3.41. The second-order valence-corrected chi connectivity index (χ2v) is 4.29. The van der Waals surface area contributed by atoms with Crippen molar-refractivity contribution in [2.45, 2.75) is 6.54 Å². The molecule has 2 aromatic heterocycles. The molecule has 5 heteroatoms. The van der Waals surface area contributed by atoms with Gasteiger partial charge in [-0.25, -0.2) is 14.1 Å². The predicted octanol–water partition coefficient (Wildman–Crippen LogP) is 3.02. The zero-order valence-electron chi connectivity index (χ0n) is 10.7. The van der Waals surface area contributed by atoms with Gasteiger partial charge in [0.15, 0.2) is 0 Å². The quantitative estimate of drug-likeness (QED) is 0.791. The summed E-state index contributed by atoms with van der Waals surface area (Å²) in [5.41, 5.74) is 2.09. The largest absolute Gasteiger partial charge is 0.366 e. The van der Waals surface area contributed by atoms with Crippen LogP contribution >= 0.6 is 0 Å². The summed E-state index contributed by atoms with van der Waals surface area (Å²) in [6.07, 6.45) is 4.84. The van der Waals surface area contributed by atoms with Crippen LogP contribution < -0.4 is 5.32 Å². The molecule has 0 aliphatic heterocycles. The Labute approximate surface area is 115 Å². The minimum Gasteiger partial charge on any atom is -0.366 e. The molecule has 1 N–H and O–H groups in total. The van der Waals surface area contributed by atoms with E-state index in [4.69, 9.17) is 0 Å². The monoisotopic (exact) mass is 268 g/mol. The Balaban J connectivity index is 1.79. The van der Waals surface area contributed by atoms with Gasteiger partial charge in [0.2, 0.25) is 0 Å². The van der Waals surface area contributed by atoms with Gasteiger partial charge in [-0.1, -0.05) is 18.2 Å². The standard InChI is InChI=1S/C15H13FN4/c16-13-6-7-15(18-11-13)17-10-12-4-1-2-5-14(12)20-9-3-8-19-20/h1-9,11H,10H2,(H,17,18). The van der Waals surface area contributed by atoms with Crippen molar-refractivity contribution >= 4 is 5.82 Å². The lowest BCUT2D eigenvalue weighted by Crippen LogP contribution is -2.06. The minimum absolute atomic E-state index is 0.340. The van der Waals surface area contributed by atoms with Crippen LogP contribution in [0.15, 0.2) is 61.1 Å². The maximum absolute atomic E-state index is 12.8. The second-order valence-electron chi connectivity index (χ2n) is 4.29. The van der Waals surface area contributed by atoms with E-state index in [1.165, 1.54) is 12.3 Å². The number of pyridine rings is 1. The summed E-state index contributed by atoms with van der Waals surface area (Å²) >= 11 is 0.